The van der Waals surface area contributed by atoms with Crippen LogP contribution in [-0.4, -0.2) is 50.7 Å². The van der Waals surface area contributed by atoms with Crippen molar-refractivity contribution in [3.05, 3.63) is 35.4 Å². The van der Waals surface area contributed by atoms with Crippen molar-refractivity contribution >= 4 is 11.9 Å². The van der Waals surface area contributed by atoms with Crippen molar-refractivity contribution in [3.8, 4) is 11.5 Å². The average Bonchev–Trinajstić information content (AvgIpc) is 2.60. The maximum absolute atomic E-state index is 12.4. The first kappa shape index (κ1) is 21.5. The molecule has 0 aromatic heterocycles. The second kappa shape index (κ2) is 11.2. The van der Waals surface area contributed by atoms with Gasteiger partial charge in [0.15, 0.2) is 11.5 Å². The van der Waals surface area contributed by atoms with Crippen LogP contribution in [0.2, 0.25) is 0 Å². The molecule has 0 saturated heterocycles. The van der Waals surface area contributed by atoms with E-state index in [-0.39, 0.29) is 18.3 Å². The Labute approximate surface area is 155 Å². The maximum atomic E-state index is 12.4. The van der Waals surface area contributed by atoms with Crippen LogP contribution in [0.4, 0.5) is 0 Å². The topological polar surface area (TPSA) is 65.1 Å². The molecule has 6 nitrogen and oxygen atoms in total. The molecule has 26 heavy (non-hydrogen) atoms. The van der Waals surface area contributed by atoms with Gasteiger partial charge in [-0.1, -0.05) is 11.6 Å². The average molecular weight is 363 g/mol. The largest absolute Gasteiger partial charge is 0.493 e. The maximum Gasteiger partial charge on any atom is 0.307 e. The van der Waals surface area contributed by atoms with Gasteiger partial charge in [-0.15, -0.1) is 0 Å². The smallest absolute Gasteiger partial charge is 0.307 e. The van der Waals surface area contributed by atoms with E-state index >= 15 is 0 Å². The molecule has 0 saturated carbocycles. The Morgan fingerprint density at radius 3 is 2.35 bits per heavy atom. The van der Waals surface area contributed by atoms with Crippen LogP contribution < -0.4 is 9.47 Å². The second-order valence-electron chi connectivity index (χ2n) is 6.04. The predicted molar refractivity (Wildman–Crippen MR) is 101 cm³/mol. The van der Waals surface area contributed by atoms with Gasteiger partial charge in [-0.3, -0.25) is 9.59 Å². The van der Waals surface area contributed by atoms with Crippen molar-refractivity contribution in [2.75, 3.05) is 33.9 Å². The zero-order valence-corrected chi connectivity index (χ0v) is 16.3. The number of carbonyl (C=O) groups excluding carboxylic acids is 2. The minimum Gasteiger partial charge on any atom is -0.493 e. The summed E-state index contributed by atoms with van der Waals surface area (Å²) in [5.74, 6) is 0.915. The van der Waals surface area contributed by atoms with E-state index in [9.17, 15) is 9.59 Å². The van der Waals surface area contributed by atoms with Crippen molar-refractivity contribution in [1.82, 2.24) is 4.90 Å². The minimum atomic E-state index is -0.298. The molecule has 1 aromatic rings. The molecular weight excluding hydrogens is 334 g/mol. The lowest BCUT2D eigenvalue weighted by atomic mass is 10.1. The minimum absolute atomic E-state index is 0.102. The van der Waals surface area contributed by atoms with E-state index in [1.165, 1.54) is 0 Å². The van der Waals surface area contributed by atoms with E-state index in [0.717, 1.165) is 11.1 Å². The fraction of sp³-hybridized carbons (Fsp3) is 0.500. The summed E-state index contributed by atoms with van der Waals surface area (Å²) in [6.45, 7) is 6.67. The predicted octanol–water partition coefficient (Wildman–Crippen LogP) is 2.99. The van der Waals surface area contributed by atoms with Crippen molar-refractivity contribution in [2.24, 2.45) is 0 Å². The van der Waals surface area contributed by atoms with Gasteiger partial charge in [0.2, 0.25) is 5.91 Å². The molecule has 0 atom stereocenters. The van der Waals surface area contributed by atoms with Gasteiger partial charge in [0.05, 0.1) is 27.2 Å². The summed E-state index contributed by atoms with van der Waals surface area (Å²) < 4.78 is 15.5. The summed E-state index contributed by atoms with van der Waals surface area (Å²) in [5, 5.41) is 0. The Hall–Kier alpha value is -2.50. The number of esters is 1. The Bertz CT molecular complexity index is 635. The third kappa shape index (κ3) is 7.17. The number of carbonyl (C=O) groups is 2. The van der Waals surface area contributed by atoms with Crippen LogP contribution in [0.15, 0.2) is 29.8 Å². The number of amides is 1. The molecule has 1 amide bonds. The molecule has 0 aliphatic carbocycles. The molecule has 1 aromatic carbocycles. The van der Waals surface area contributed by atoms with Crippen molar-refractivity contribution in [2.45, 2.75) is 33.6 Å². The van der Waals surface area contributed by atoms with E-state index in [2.05, 4.69) is 0 Å². The van der Waals surface area contributed by atoms with Crippen LogP contribution in [0.1, 0.15) is 32.8 Å². The van der Waals surface area contributed by atoms with E-state index in [0.29, 0.717) is 37.6 Å². The van der Waals surface area contributed by atoms with Gasteiger partial charge in [0.1, 0.15) is 0 Å². The highest BCUT2D eigenvalue weighted by Crippen LogP contribution is 2.27. The lowest BCUT2D eigenvalue weighted by Gasteiger charge is -2.21. The second-order valence-corrected chi connectivity index (χ2v) is 6.04. The van der Waals surface area contributed by atoms with Gasteiger partial charge in [0, 0.05) is 19.2 Å². The lowest BCUT2D eigenvalue weighted by Crippen LogP contribution is -2.34. The molecule has 0 radical (unpaired) electrons. The molecule has 0 aliphatic rings. The normalized spacial score (nSPS) is 10.0. The van der Waals surface area contributed by atoms with Crippen molar-refractivity contribution in [1.29, 1.82) is 0 Å². The van der Waals surface area contributed by atoms with Crippen LogP contribution in [0.5, 0.6) is 11.5 Å². The van der Waals surface area contributed by atoms with Crippen LogP contribution in [0, 0.1) is 0 Å². The van der Waals surface area contributed by atoms with E-state index in [4.69, 9.17) is 14.2 Å². The number of hydrogen-bond acceptors (Lipinski definition) is 5. The fourth-order valence-electron chi connectivity index (χ4n) is 2.43. The summed E-state index contributed by atoms with van der Waals surface area (Å²) in [7, 11) is 3.18. The standard InChI is InChI=1S/C20H29NO5/c1-6-26-20(23)10-12-21(19(22)13-15(2)3)11-9-16-7-8-17(24-4)18(14-16)25-5/h7-8,13-14H,6,9-12H2,1-5H3. The molecule has 6 heteroatoms. The first-order valence-corrected chi connectivity index (χ1v) is 8.71. The highest BCUT2D eigenvalue weighted by molar-refractivity contribution is 5.88. The van der Waals surface area contributed by atoms with E-state index in [1.54, 1.807) is 32.1 Å². The Morgan fingerprint density at radius 2 is 1.77 bits per heavy atom. The Morgan fingerprint density at radius 1 is 1.08 bits per heavy atom. The molecule has 0 spiro atoms. The molecule has 144 valence electrons. The van der Waals surface area contributed by atoms with Gasteiger partial charge in [-0.25, -0.2) is 0 Å². The van der Waals surface area contributed by atoms with Crippen molar-refractivity contribution < 1.29 is 23.8 Å². The number of hydrogen-bond donors (Lipinski definition) is 0. The molecule has 0 aliphatic heterocycles. The highest BCUT2D eigenvalue weighted by atomic mass is 16.5. The molecule has 0 unspecified atom stereocenters. The number of allylic oxidation sites excluding steroid dienone is 1. The van der Waals surface area contributed by atoms with E-state index in [1.807, 2.05) is 32.0 Å². The third-order valence-electron chi connectivity index (χ3n) is 3.73. The summed E-state index contributed by atoms with van der Waals surface area (Å²) in [5.41, 5.74) is 1.94. The molecule has 0 heterocycles. The number of rotatable bonds is 10. The van der Waals surface area contributed by atoms with Crippen molar-refractivity contribution in [3.63, 3.8) is 0 Å². The first-order valence-electron chi connectivity index (χ1n) is 8.71. The summed E-state index contributed by atoms with van der Waals surface area (Å²) in [6, 6.07) is 5.68. The lowest BCUT2D eigenvalue weighted by molar-refractivity contribution is -0.143. The number of benzene rings is 1. The van der Waals surface area contributed by atoms with Crippen LogP contribution in [0.3, 0.4) is 0 Å². The van der Waals surface area contributed by atoms with Crippen LogP contribution in [0.25, 0.3) is 0 Å². The molecule has 1 rings (SSSR count). The molecule has 0 bridgehead atoms. The molecular formula is C20H29NO5. The summed E-state index contributed by atoms with van der Waals surface area (Å²) >= 11 is 0. The van der Waals surface area contributed by atoms with Gasteiger partial charge in [-0.05, 0) is 44.9 Å². The quantitative estimate of drug-likeness (QED) is 0.472. The zero-order chi connectivity index (χ0) is 19.5. The van der Waals surface area contributed by atoms with E-state index < -0.39 is 0 Å². The van der Waals surface area contributed by atoms with Gasteiger partial charge < -0.3 is 19.1 Å². The van der Waals surface area contributed by atoms with Crippen LogP contribution >= 0.6 is 0 Å². The summed E-state index contributed by atoms with van der Waals surface area (Å²) in [4.78, 5) is 25.7. The number of ether oxygens (including phenoxy) is 3. The molecule has 0 N–H and O–H groups in total. The number of nitrogens with zero attached hydrogens (tertiary/aromatic N) is 1. The Balaban J connectivity index is 2.80. The number of methoxy groups -OCH3 is 2. The monoisotopic (exact) mass is 363 g/mol. The van der Waals surface area contributed by atoms with Gasteiger partial charge >= 0.3 is 5.97 Å². The highest BCUT2D eigenvalue weighted by Gasteiger charge is 2.14. The first-order chi connectivity index (χ1) is 12.4. The van der Waals surface area contributed by atoms with Crippen LogP contribution in [-0.2, 0) is 20.7 Å². The SMILES string of the molecule is CCOC(=O)CCN(CCc1ccc(OC)c(OC)c1)C(=O)C=C(C)C. The molecule has 0 fully saturated rings. The Kier molecular flexibility index (Phi) is 9.26. The zero-order valence-electron chi connectivity index (χ0n) is 16.3. The van der Waals surface area contributed by atoms with Gasteiger partial charge in [-0.2, -0.15) is 0 Å². The third-order valence-corrected chi connectivity index (χ3v) is 3.73. The van der Waals surface area contributed by atoms with Gasteiger partial charge in [0.25, 0.3) is 0 Å². The summed E-state index contributed by atoms with van der Waals surface area (Å²) in [6.07, 6.45) is 2.41. The fourth-order valence-corrected chi connectivity index (χ4v) is 2.43.